The van der Waals surface area contributed by atoms with Crippen LogP contribution in [0.4, 0.5) is 5.69 Å². The van der Waals surface area contributed by atoms with Crippen molar-refractivity contribution in [2.75, 3.05) is 0 Å². The zero-order valence-corrected chi connectivity index (χ0v) is 15.3. The molecule has 0 atom stereocenters. The summed E-state index contributed by atoms with van der Waals surface area (Å²) in [5, 5.41) is 12.0. The van der Waals surface area contributed by atoms with Crippen LogP contribution >= 0.6 is 0 Å². The average molecular weight is 347 g/mol. The van der Waals surface area contributed by atoms with Crippen LogP contribution in [0.25, 0.3) is 22.2 Å². The van der Waals surface area contributed by atoms with Crippen LogP contribution in [0.3, 0.4) is 0 Å². The van der Waals surface area contributed by atoms with E-state index in [1.54, 1.807) is 18.3 Å². The minimum absolute atomic E-state index is 0.0296. The van der Waals surface area contributed by atoms with Crippen LogP contribution in [0.2, 0.25) is 19.6 Å². The molecule has 2 aromatic heterocycles. The van der Waals surface area contributed by atoms with Gasteiger partial charge in [-0.15, -0.1) is 5.54 Å². The number of benzene rings is 1. The first-order valence-electron chi connectivity index (χ1n) is 7.87. The van der Waals surface area contributed by atoms with Crippen molar-refractivity contribution in [1.82, 2.24) is 9.97 Å². The Hall–Kier alpha value is -3.04. The Kier molecular flexibility index (Phi) is 4.34. The van der Waals surface area contributed by atoms with Crippen molar-refractivity contribution >= 4 is 24.7 Å². The summed E-state index contributed by atoms with van der Waals surface area (Å²) in [5.74, 6) is 3.16. The highest BCUT2D eigenvalue weighted by Gasteiger charge is 2.13. The maximum Gasteiger partial charge on any atom is 0.270 e. The van der Waals surface area contributed by atoms with Crippen LogP contribution in [-0.4, -0.2) is 23.0 Å². The monoisotopic (exact) mass is 347 g/mol. The molecule has 0 fully saturated rings. The first-order valence-corrected chi connectivity index (χ1v) is 11.4. The van der Waals surface area contributed by atoms with Crippen molar-refractivity contribution in [3.63, 3.8) is 0 Å². The summed E-state index contributed by atoms with van der Waals surface area (Å²) in [6.07, 6.45) is 1.69. The van der Waals surface area contributed by atoms with Gasteiger partial charge >= 0.3 is 0 Å². The molecule has 124 valence electrons. The molecule has 3 rings (SSSR count). The number of hydrogen-bond donors (Lipinski definition) is 0. The van der Waals surface area contributed by atoms with E-state index in [1.165, 1.54) is 12.1 Å². The van der Waals surface area contributed by atoms with Crippen LogP contribution in [-0.2, 0) is 0 Å². The van der Waals surface area contributed by atoms with Crippen LogP contribution < -0.4 is 0 Å². The van der Waals surface area contributed by atoms with Gasteiger partial charge in [0.05, 0.1) is 16.1 Å². The highest BCUT2D eigenvalue weighted by atomic mass is 28.3. The van der Waals surface area contributed by atoms with E-state index in [2.05, 4.69) is 41.1 Å². The number of non-ortho nitro benzene ring substituents is 1. The lowest BCUT2D eigenvalue weighted by Crippen LogP contribution is -2.16. The lowest BCUT2D eigenvalue weighted by Gasteiger charge is -2.07. The van der Waals surface area contributed by atoms with Gasteiger partial charge in [0.2, 0.25) is 0 Å². The number of aromatic nitrogens is 2. The maximum absolute atomic E-state index is 11.1. The minimum atomic E-state index is -1.53. The fourth-order valence-corrected chi connectivity index (χ4v) is 2.87. The molecule has 0 saturated carbocycles. The molecular formula is C19H17N3O2Si. The number of nitro groups is 1. The van der Waals surface area contributed by atoms with Gasteiger partial charge in [-0.25, -0.2) is 4.98 Å². The topological polar surface area (TPSA) is 68.9 Å². The van der Waals surface area contributed by atoms with Crippen LogP contribution in [0, 0.1) is 21.6 Å². The van der Waals surface area contributed by atoms with Crippen molar-refractivity contribution in [2.45, 2.75) is 19.6 Å². The SMILES string of the molecule is C[Si](C)(C)C#Cc1cc2cccnc2c(-c2cccc([N+](=O)[O-])c2)n1. The molecule has 2 heterocycles. The molecular weight excluding hydrogens is 330 g/mol. The summed E-state index contributed by atoms with van der Waals surface area (Å²) in [5.41, 5.74) is 5.98. The van der Waals surface area contributed by atoms with Gasteiger partial charge in [-0.05, 0) is 12.1 Å². The summed E-state index contributed by atoms with van der Waals surface area (Å²) in [4.78, 5) is 19.7. The molecule has 3 aromatic rings. The second kappa shape index (κ2) is 6.46. The Labute approximate surface area is 146 Å². The summed E-state index contributed by atoms with van der Waals surface area (Å²) < 4.78 is 0. The van der Waals surface area contributed by atoms with Gasteiger partial charge in [0, 0.05) is 29.3 Å². The molecule has 0 saturated heterocycles. The molecule has 0 aliphatic heterocycles. The molecule has 0 amide bonds. The molecule has 25 heavy (non-hydrogen) atoms. The van der Waals surface area contributed by atoms with Gasteiger partial charge in [-0.2, -0.15) is 0 Å². The van der Waals surface area contributed by atoms with E-state index in [0.29, 0.717) is 22.5 Å². The summed E-state index contributed by atoms with van der Waals surface area (Å²) in [7, 11) is -1.53. The zero-order valence-electron chi connectivity index (χ0n) is 14.3. The summed E-state index contributed by atoms with van der Waals surface area (Å²) in [6, 6.07) is 12.2. The van der Waals surface area contributed by atoms with E-state index in [-0.39, 0.29) is 5.69 Å². The second-order valence-electron chi connectivity index (χ2n) is 6.74. The second-order valence-corrected chi connectivity index (χ2v) is 11.5. The summed E-state index contributed by atoms with van der Waals surface area (Å²) >= 11 is 0. The molecule has 0 bridgehead atoms. The Bertz CT molecular complexity index is 1030. The number of nitrogens with zero attached hydrogens (tertiary/aromatic N) is 3. The first kappa shape index (κ1) is 16.8. The molecule has 0 spiro atoms. The van der Waals surface area contributed by atoms with E-state index in [0.717, 1.165) is 5.39 Å². The van der Waals surface area contributed by atoms with Crippen LogP contribution in [0.15, 0.2) is 48.7 Å². The van der Waals surface area contributed by atoms with Crippen LogP contribution in [0.5, 0.6) is 0 Å². The maximum atomic E-state index is 11.1. The van der Waals surface area contributed by atoms with E-state index in [9.17, 15) is 10.1 Å². The Morgan fingerprint density at radius 2 is 1.92 bits per heavy atom. The van der Waals surface area contributed by atoms with Gasteiger partial charge in [-0.1, -0.05) is 43.8 Å². The molecule has 0 aliphatic rings. The third-order valence-electron chi connectivity index (χ3n) is 3.48. The first-order chi connectivity index (χ1) is 11.8. The van der Waals surface area contributed by atoms with Crippen molar-refractivity contribution < 1.29 is 4.92 Å². The highest BCUT2D eigenvalue weighted by Crippen LogP contribution is 2.28. The fraction of sp³-hybridized carbons (Fsp3) is 0.158. The summed E-state index contributed by atoms with van der Waals surface area (Å²) in [6.45, 7) is 6.51. The van der Waals surface area contributed by atoms with Crippen molar-refractivity contribution in [3.8, 4) is 22.7 Å². The van der Waals surface area contributed by atoms with E-state index >= 15 is 0 Å². The largest absolute Gasteiger partial charge is 0.270 e. The van der Waals surface area contributed by atoms with Gasteiger partial charge in [-0.3, -0.25) is 15.1 Å². The van der Waals surface area contributed by atoms with Crippen LogP contribution in [0.1, 0.15) is 5.69 Å². The minimum Gasteiger partial charge on any atom is -0.258 e. The van der Waals surface area contributed by atoms with Crippen molar-refractivity contribution in [2.24, 2.45) is 0 Å². The Balaban J connectivity index is 2.24. The van der Waals surface area contributed by atoms with Gasteiger partial charge < -0.3 is 0 Å². The Morgan fingerprint density at radius 1 is 1.12 bits per heavy atom. The number of nitro benzene ring substituents is 1. The smallest absolute Gasteiger partial charge is 0.258 e. The number of pyridine rings is 2. The predicted molar refractivity (Wildman–Crippen MR) is 102 cm³/mol. The number of fused-ring (bicyclic) bond motifs is 1. The normalized spacial score (nSPS) is 11.0. The molecule has 0 aliphatic carbocycles. The molecule has 0 N–H and O–H groups in total. The Morgan fingerprint density at radius 3 is 2.64 bits per heavy atom. The number of rotatable bonds is 2. The van der Waals surface area contributed by atoms with Crippen molar-refractivity contribution in [3.05, 3.63) is 64.5 Å². The van der Waals surface area contributed by atoms with Gasteiger partial charge in [0.25, 0.3) is 5.69 Å². The van der Waals surface area contributed by atoms with Gasteiger partial charge in [0.1, 0.15) is 13.8 Å². The average Bonchev–Trinajstić information content (AvgIpc) is 2.58. The molecule has 0 unspecified atom stereocenters. The third-order valence-corrected chi connectivity index (χ3v) is 4.36. The molecule has 5 nitrogen and oxygen atoms in total. The molecule has 1 aromatic carbocycles. The lowest BCUT2D eigenvalue weighted by atomic mass is 10.1. The van der Waals surface area contributed by atoms with E-state index in [4.69, 9.17) is 0 Å². The van der Waals surface area contributed by atoms with Gasteiger partial charge in [0.15, 0.2) is 0 Å². The highest BCUT2D eigenvalue weighted by molar-refractivity contribution is 6.83. The zero-order chi connectivity index (χ0) is 18.0. The fourth-order valence-electron chi connectivity index (χ4n) is 2.37. The third kappa shape index (κ3) is 3.90. The van der Waals surface area contributed by atoms with Crippen molar-refractivity contribution in [1.29, 1.82) is 0 Å². The number of hydrogen-bond acceptors (Lipinski definition) is 4. The molecule has 6 heteroatoms. The lowest BCUT2D eigenvalue weighted by molar-refractivity contribution is -0.384. The quantitative estimate of drug-likeness (QED) is 0.297. The predicted octanol–water partition coefficient (Wildman–Crippen LogP) is 4.43. The van der Waals surface area contributed by atoms with E-state index in [1.807, 2.05) is 18.2 Å². The standard InChI is InChI=1S/C19H17N3O2Si/c1-25(2,3)11-9-16-12-14-7-5-10-20-18(14)19(21-16)15-6-4-8-17(13-15)22(23)24/h4-8,10,12-13H,1-3H3. The molecule has 0 radical (unpaired) electrons. The van der Waals surface area contributed by atoms with E-state index < -0.39 is 13.0 Å².